The van der Waals surface area contributed by atoms with Crippen LogP contribution in [-0.2, 0) is 16.1 Å². The number of ether oxygens (including phenoxy) is 1. The number of amides is 1. The second-order valence-electron chi connectivity index (χ2n) is 9.29. The Balaban J connectivity index is 1.32. The number of carbonyl (C=O) groups excluding carboxylic acids is 2. The van der Waals surface area contributed by atoms with Crippen LogP contribution in [0.5, 0.6) is 0 Å². The summed E-state index contributed by atoms with van der Waals surface area (Å²) in [6.07, 6.45) is 10.0. The lowest BCUT2D eigenvalue weighted by molar-refractivity contribution is -0.130. The zero-order valence-electron chi connectivity index (χ0n) is 20.1. The van der Waals surface area contributed by atoms with Gasteiger partial charge in [-0.25, -0.2) is 4.79 Å². The molecule has 0 unspecified atom stereocenters. The molecule has 2 aliphatic rings. The summed E-state index contributed by atoms with van der Waals surface area (Å²) in [5.41, 5.74) is 2.88. The Morgan fingerprint density at radius 1 is 1.18 bits per heavy atom. The van der Waals surface area contributed by atoms with Crippen molar-refractivity contribution in [1.82, 2.24) is 20.1 Å². The maximum atomic E-state index is 12.8. The lowest BCUT2D eigenvalue weighted by atomic mass is 10.0. The number of rotatable bonds is 10. The largest absolute Gasteiger partial charge is 0.465 e. The van der Waals surface area contributed by atoms with E-state index in [2.05, 4.69) is 26.2 Å². The van der Waals surface area contributed by atoms with Crippen LogP contribution < -0.4 is 5.32 Å². The van der Waals surface area contributed by atoms with Crippen molar-refractivity contribution in [2.75, 3.05) is 33.3 Å². The molecule has 2 aliphatic heterocycles. The normalized spacial score (nSPS) is 19.9. The summed E-state index contributed by atoms with van der Waals surface area (Å²) < 4.78 is 4.75. The highest BCUT2D eigenvalue weighted by Crippen LogP contribution is 2.30. The van der Waals surface area contributed by atoms with Crippen LogP contribution in [0, 0.1) is 0 Å². The smallest absolute Gasteiger partial charge is 0.337 e. The third-order valence-corrected chi connectivity index (χ3v) is 7.08. The molecule has 1 aromatic heterocycles. The van der Waals surface area contributed by atoms with E-state index in [-0.39, 0.29) is 24.0 Å². The minimum Gasteiger partial charge on any atom is -0.465 e. The second-order valence-corrected chi connectivity index (χ2v) is 9.29. The average Bonchev–Trinajstić information content (AvgIpc) is 3.24. The molecule has 1 N–H and O–H groups in total. The quantitative estimate of drug-likeness (QED) is 0.428. The van der Waals surface area contributed by atoms with Crippen molar-refractivity contribution >= 4 is 11.9 Å². The number of hydrogen-bond donors (Lipinski definition) is 1. The minimum absolute atomic E-state index is 0.208. The van der Waals surface area contributed by atoms with Crippen molar-refractivity contribution in [1.29, 1.82) is 0 Å². The van der Waals surface area contributed by atoms with E-state index >= 15 is 0 Å². The molecule has 0 spiro atoms. The molecular formula is C27H36N4O3. The van der Waals surface area contributed by atoms with Crippen LogP contribution in [0.25, 0.3) is 0 Å². The van der Waals surface area contributed by atoms with Crippen LogP contribution in [0.3, 0.4) is 0 Å². The monoisotopic (exact) mass is 464 g/mol. The summed E-state index contributed by atoms with van der Waals surface area (Å²) in [4.78, 5) is 33.4. The molecule has 7 heteroatoms. The van der Waals surface area contributed by atoms with Crippen LogP contribution in [0.1, 0.15) is 66.1 Å². The highest BCUT2D eigenvalue weighted by Gasteiger charge is 2.34. The van der Waals surface area contributed by atoms with Crippen LogP contribution >= 0.6 is 0 Å². The van der Waals surface area contributed by atoms with Gasteiger partial charge in [0.15, 0.2) is 0 Å². The summed E-state index contributed by atoms with van der Waals surface area (Å²) in [5.74, 6) is -0.0473. The molecule has 1 amide bonds. The highest BCUT2D eigenvalue weighted by atomic mass is 16.5. The van der Waals surface area contributed by atoms with E-state index in [1.807, 2.05) is 30.6 Å². The molecule has 0 radical (unpaired) electrons. The van der Waals surface area contributed by atoms with Gasteiger partial charge in [0, 0.05) is 37.9 Å². The molecule has 34 heavy (non-hydrogen) atoms. The lowest BCUT2D eigenvalue weighted by Gasteiger charge is -2.38. The average molecular weight is 465 g/mol. The number of likely N-dealkylation sites (tertiary alicyclic amines) is 2. The van der Waals surface area contributed by atoms with E-state index < -0.39 is 0 Å². The molecule has 2 fully saturated rings. The van der Waals surface area contributed by atoms with Gasteiger partial charge in [0.05, 0.1) is 18.7 Å². The Labute approximate surface area is 202 Å². The minimum atomic E-state index is -0.320. The van der Waals surface area contributed by atoms with Crippen molar-refractivity contribution in [3.8, 4) is 0 Å². The Hall–Kier alpha value is -2.77. The molecule has 0 saturated carbocycles. The first-order chi connectivity index (χ1) is 16.7. The summed E-state index contributed by atoms with van der Waals surface area (Å²) in [6, 6.07) is 12.1. The molecule has 7 nitrogen and oxygen atoms in total. The molecule has 1 aromatic carbocycles. The Kier molecular flexibility index (Phi) is 8.66. The Morgan fingerprint density at radius 3 is 2.68 bits per heavy atom. The molecule has 4 rings (SSSR count). The fourth-order valence-electron chi connectivity index (χ4n) is 5.14. The summed E-state index contributed by atoms with van der Waals surface area (Å²) in [7, 11) is 1.39. The molecule has 3 heterocycles. The van der Waals surface area contributed by atoms with Crippen molar-refractivity contribution in [2.24, 2.45) is 0 Å². The SMILES string of the molecule is COC(=O)c1ccc(CNCC[C@H]2CCC(=O)N2C[C@H](c2cccnc2)N2CCCCC2)cc1. The number of aromatic nitrogens is 1. The third kappa shape index (κ3) is 6.21. The summed E-state index contributed by atoms with van der Waals surface area (Å²) in [5, 5.41) is 3.50. The fourth-order valence-corrected chi connectivity index (χ4v) is 5.14. The number of benzene rings is 1. The lowest BCUT2D eigenvalue weighted by Crippen LogP contribution is -2.44. The van der Waals surface area contributed by atoms with Gasteiger partial charge in [0.2, 0.25) is 5.91 Å². The maximum absolute atomic E-state index is 12.8. The molecule has 2 aromatic rings. The number of nitrogens with zero attached hydrogens (tertiary/aromatic N) is 3. The first-order valence-corrected chi connectivity index (χ1v) is 12.5. The topological polar surface area (TPSA) is 74.8 Å². The van der Waals surface area contributed by atoms with Gasteiger partial charge in [-0.2, -0.15) is 0 Å². The van der Waals surface area contributed by atoms with Gasteiger partial charge in [0.25, 0.3) is 0 Å². The van der Waals surface area contributed by atoms with Crippen molar-refractivity contribution < 1.29 is 14.3 Å². The van der Waals surface area contributed by atoms with E-state index in [9.17, 15) is 9.59 Å². The summed E-state index contributed by atoms with van der Waals surface area (Å²) >= 11 is 0. The van der Waals surface area contributed by atoms with E-state index in [0.717, 1.165) is 51.1 Å². The Bertz CT molecular complexity index is 929. The van der Waals surface area contributed by atoms with Gasteiger partial charge in [-0.05, 0) is 74.6 Å². The first-order valence-electron chi connectivity index (χ1n) is 12.5. The van der Waals surface area contributed by atoms with Crippen molar-refractivity contribution in [2.45, 2.75) is 57.2 Å². The van der Waals surface area contributed by atoms with Crippen LogP contribution in [0.4, 0.5) is 0 Å². The van der Waals surface area contributed by atoms with Gasteiger partial charge in [-0.15, -0.1) is 0 Å². The van der Waals surface area contributed by atoms with Gasteiger partial charge >= 0.3 is 5.97 Å². The van der Waals surface area contributed by atoms with Crippen molar-refractivity contribution in [3.63, 3.8) is 0 Å². The number of carbonyl (C=O) groups is 2. The van der Waals surface area contributed by atoms with Crippen LogP contribution in [0.2, 0.25) is 0 Å². The number of esters is 1. The van der Waals surface area contributed by atoms with Crippen LogP contribution in [0.15, 0.2) is 48.8 Å². The molecule has 2 atom stereocenters. The number of pyridine rings is 1. The van der Waals surface area contributed by atoms with Crippen molar-refractivity contribution in [3.05, 3.63) is 65.5 Å². The molecule has 182 valence electrons. The fraction of sp³-hybridized carbons (Fsp3) is 0.519. The standard InChI is InChI=1S/C27H36N4O3/c1-34-27(33)22-9-7-21(8-10-22)18-29-15-13-24-11-12-26(32)31(24)20-25(23-6-5-14-28-19-23)30-16-3-2-4-17-30/h5-10,14,19,24-25,29H,2-4,11-13,15-18,20H2,1H3/t24-,25-/m1/s1. The van der Waals surface area contributed by atoms with Crippen LogP contribution in [-0.4, -0.2) is 66.0 Å². The third-order valence-electron chi connectivity index (χ3n) is 7.08. The number of nitrogens with one attached hydrogen (secondary N) is 1. The molecule has 2 saturated heterocycles. The molecule has 0 aliphatic carbocycles. The van der Waals surface area contributed by atoms with E-state index in [0.29, 0.717) is 12.0 Å². The zero-order valence-corrected chi connectivity index (χ0v) is 20.1. The van der Waals surface area contributed by atoms with E-state index in [4.69, 9.17) is 4.74 Å². The predicted octanol–water partition coefficient (Wildman–Crippen LogP) is 3.57. The highest BCUT2D eigenvalue weighted by molar-refractivity contribution is 5.89. The van der Waals surface area contributed by atoms with Gasteiger partial charge in [0.1, 0.15) is 0 Å². The van der Waals surface area contributed by atoms with Gasteiger partial charge < -0.3 is 15.0 Å². The number of piperidine rings is 1. The van der Waals surface area contributed by atoms with E-state index in [1.54, 1.807) is 12.1 Å². The second kappa shape index (κ2) is 12.1. The molecular weight excluding hydrogens is 428 g/mol. The summed E-state index contributed by atoms with van der Waals surface area (Å²) in [6.45, 7) is 4.48. The van der Waals surface area contributed by atoms with E-state index in [1.165, 1.54) is 31.9 Å². The predicted molar refractivity (Wildman–Crippen MR) is 131 cm³/mol. The van der Waals surface area contributed by atoms with Gasteiger partial charge in [-0.1, -0.05) is 24.6 Å². The number of methoxy groups -OCH3 is 1. The molecule has 0 bridgehead atoms. The zero-order chi connectivity index (χ0) is 23.8. The van der Waals surface area contributed by atoms with Gasteiger partial charge in [-0.3, -0.25) is 14.7 Å². The maximum Gasteiger partial charge on any atom is 0.337 e. The number of hydrogen-bond acceptors (Lipinski definition) is 6. The Morgan fingerprint density at radius 2 is 1.97 bits per heavy atom. The first kappa shape index (κ1) is 24.4.